The third-order valence-electron chi connectivity index (χ3n) is 4.13. The fraction of sp³-hybridized carbons (Fsp3) is 0.200. The number of amides is 1. The lowest BCUT2D eigenvalue weighted by Gasteiger charge is -2.02. The van der Waals surface area contributed by atoms with Gasteiger partial charge in [0.15, 0.2) is 4.80 Å². The molecular formula is C20H20FN3O3S3. The molecule has 3 aromatic rings. The number of thioether (sulfide) groups is 1. The number of fused-ring (bicyclic) bond motifs is 1. The van der Waals surface area contributed by atoms with Crippen LogP contribution in [-0.4, -0.2) is 24.6 Å². The van der Waals surface area contributed by atoms with E-state index in [4.69, 9.17) is 5.14 Å². The summed E-state index contributed by atoms with van der Waals surface area (Å²) in [4.78, 5) is 18.0. The minimum Gasteiger partial charge on any atom is -0.313 e. The molecule has 1 heterocycles. The van der Waals surface area contributed by atoms with Crippen LogP contribution in [0.5, 0.6) is 0 Å². The van der Waals surface area contributed by atoms with Crippen molar-refractivity contribution in [2.75, 3.05) is 5.75 Å². The van der Waals surface area contributed by atoms with Crippen LogP contribution in [0, 0.1) is 5.82 Å². The number of rotatable bonds is 8. The van der Waals surface area contributed by atoms with Crippen LogP contribution in [-0.2, 0) is 21.4 Å². The fourth-order valence-electron chi connectivity index (χ4n) is 2.73. The highest BCUT2D eigenvalue weighted by Crippen LogP contribution is 2.22. The molecule has 1 aromatic heterocycles. The normalized spacial score (nSPS) is 12.4. The Morgan fingerprint density at radius 1 is 1.27 bits per heavy atom. The van der Waals surface area contributed by atoms with Crippen molar-refractivity contribution in [2.45, 2.75) is 29.2 Å². The largest absolute Gasteiger partial charge is 0.313 e. The van der Waals surface area contributed by atoms with Gasteiger partial charge in [-0.15, -0.1) is 18.3 Å². The molecule has 0 spiro atoms. The van der Waals surface area contributed by atoms with Crippen molar-refractivity contribution in [3.05, 3.63) is 65.7 Å². The van der Waals surface area contributed by atoms with Crippen molar-refractivity contribution in [2.24, 2.45) is 10.1 Å². The number of carbonyl (C=O) groups excluding carboxylic acids is 1. The van der Waals surface area contributed by atoms with E-state index in [0.29, 0.717) is 28.2 Å². The summed E-state index contributed by atoms with van der Waals surface area (Å²) in [6, 6.07) is 10.8. The zero-order valence-corrected chi connectivity index (χ0v) is 18.4. The van der Waals surface area contributed by atoms with Gasteiger partial charge in [-0.05, 0) is 54.6 Å². The lowest BCUT2D eigenvalue weighted by Crippen LogP contribution is -2.16. The highest BCUT2D eigenvalue weighted by atomic mass is 32.2. The standard InChI is InChI=1S/C20H20FN3O3S3/c1-2-11-24-17-10-9-16(30(22,26)27)13-18(17)29-20(24)23-19(25)4-3-12-28-15-7-5-14(21)6-8-15/h2,5-10,13H,1,3-4,11-12H2,(H2,22,26,27). The smallest absolute Gasteiger partial charge is 0.248 e. The monoisotopic (exact) mass is 465 g/mol. The van der Waals surface area contributed by atoms with Gasteiger partial charge >= 0.3 is 0 Å². The van der Waals surface area contributed by atoms with E-state index in [9.17, 15) is 17.6 Å². The van der Waals surface area contributed by atoms with Gasteiger partial charge in [0.2, 0.25) is 15.9 Å². The van der Waals surface area contributed by atoms with Crippen molar-refractivity contribution in [1.29, 1.82) is 0 Å². The maximum atomic E-state index is 12.9. The lowest BCUT2D eigenvalue weighted by atomic mass is 10.3. The fourth-order valence-corrected chi connectivity index (χ4v) is 5.29. The average molecular weight is 466 g/mol. The molecule has 0 radical (unpaired) electrons. The van der Waals surface area contributed by atoms with E-state index < -0.39 is 10.0 Å². The van der Waals surface area contributed by atoms with Gasteiger partial charge in [0, 0.05) is 17.9 Å². The predicted molar refractivity (Wildman–Crippen MR) is 118 cm³/mol. The average Bonchev–Trinajstić information content (AvgIpc) is 3.02. The van der Waals surface area contributed by atoms with E-state index in [0.717, 1.165) is 10.4 Å². The van der Waals surface area contributed by atoms with Crippen molar-refractivity contribution >= 4 is 49.2 Å². The van der Waals surface area contributed by atoms with Crippen molar-refractivity contribution < 1.29 is 17.6 Å². The van der Waals surface area contributed by atoms with E-state index in [1.165, 1.54) is 35.6 Å². The molecule has 10 heteroatoms. The summed E-state index contributed by atoms with van der Waals surface area (Å²) in [7, 11) is -3.82. The highest BCUT2D eigenvalue weighted by Gasteiger charge is 2.12. The van der Waals surface area contributed by atoms with Gasteiger partial charge in [-0.3, -0.25) is 4.79 Å². The van der Waals surface area contributed by atoms with E-state index in [1.807, 2.05) is 4.57 Å². The molecule has 2 aromatic carbocycles. The van der Waals surface area contributed by atoms with Gasteiger partial charge in [0.25, 0.3) is 0 Å². The molecule has 3 rings (SSSR count). The summed E-state index contributed by atoms with van der Waals surface area (Å²) >= 11 is 2.78. The molecule has 6 nitrogen and oxygen atoms in total. The maximum Gasteiger partial charge on any atom is 0.248 e. The molecule has 0 unspecified atom stereocenters. The first kappa shape index (κ1) is 22.4. The molecule has 0 aliphatic carbocycles. The second kappa shape index (κ2) is 9.69. The zero-order chi connectivity index (χ0) is 21.7. The van der Waals surface area contributed by atoms with E-state index in [2.05, 4.69) is 11.6 Å². The second-order valence-electron chi connectivity index (χ2n) is 6.37. The molecule has 0 saturated heterocycles. The van der Waals surface area contributed by atoms with Gasteiger partial charge in [0.05, 0.1) is 15.1 Å². The van der Waals surface area contributed by atoms with E-state index >= 15 is 0 Å². The van der Waals surface area contributed by atoms with Crippen LogP contribution in [0.3, 0.4) is 0 Å². The number of nitrogens with two attached hydrogens (primary N) is 1. The second-order valence-corrected chi connectivity index (χ2v) is 10.1. The number of halogens is 1. The summed E-state index contributed by atoms with van der Waals surface area (Å²) < 4.78 is 38.6. The van der Waals surface area contributed by atoms with E-state index in [-0.39, 0.29) is 23.0 Å². The van der Waals surface area contributed by atoms with Crippen molar-refractivity contribution in [3.63, 3.8) is 0 Å². The first-order valence-corrected chi connectivity index (χ1v) is 12.4. The number of sulfonamides is 1. The number of hydrogen-bond acceptors (Lipinski definition) is 5. The third kappa shape index (κ3) is 5.66. The Morgan fingerprint density at radius 3 is 2.67 bits per heavy atom. The number of benzene rings is 2. The van der Waals surface area contributed by atoms with E-state index in [1.54, 1.807) is 36.0 Å². The van der Waals surface area contributed by atoms with Gasteiger partial charge in [0.1, 0.15) is 5.82 Å². The topological polar surface area (TPSA) is 94.5 Å². The quantitative estimate of drug-likeness (QED) is 0.312. The Balaban J connectivity index is 1.74. The molecule has 2 N–H and O–H groups in total. The zero-order valence-electron chi connectivity index (χ0n) is 16.0. The number of aromatic nitrogens is 1. The highest BCUT2D eigenvalue weighted by molar-refractivity contribution is 7.99. The summed E-state index contributed by atoms with van der Waals surface area (Å²) in [6.07, 6.45) is 2.59. The van der Waals surface area contributed by atoms with Crippen molar-refractivity contribution in [1.82, 2.24) is 4.57 Å². The molecule has 0 bridgehead atoms. The van der Waals surface area contributed by atoms with Gasteiger partial charge in [-0.1, -0.05) is 17.4 Å². The molecule has 0 saturated carbocycles. The number of nitrogens with zero attached hydrogens (tertiary/aromatic N) is 2. The summed E-state index contributed by atoms with van der Waals surface area (Å²) in [5.74, 6) is 0.176. The molecule has 1 amide bonds. The Hall–Kier alpha value is -2.27. The van der Waals surface area contributed by atoms with Crippen molar-refractivity contribution in [3.8, 4) is 0 Å². The Labute approximate surface area is 182 Å². The molecular weight excluding hydrogens is 445 g/mol. The van der Waals surface area contributed by atoms with Crippen LogP contribution >= 0.6 is 23.1 Å². The van der Waals surface area contributed by atoms with Gasteiger partial charge in [-0.25, -0.2) is 17.9 Å². The molecule has 0 atom stereocenters. The molecule has 0 aliphatic heterocycles. The van der Waals surface area contributed by atoms with Crippen LogP contribution in [0.4, 0.5) is 4.39 Å². The number of thiazole rings is 1. The minimum absolute atomic E-state index is 0.0118. The number of allylic oxidation sites excluding steroid dienone is 1. The van der Waals surface area contributed by atoms with Crippen LogP contribution in [0.25, 0.3) is 10.2 Å². The predicted octanol–water partition coefficient (Wildman–Crippen LogP) is 3.68. The number of primary sulfonamides is 1. The molecule has 158 valence electrons. The van der Waals surface area contributed by atoms with Gasteiger partial charge in [-0.2, -0.15) is 4.99 Å². The Morgan fingerprint density at radius 2 is 2.00 bits per heavy atom. The van der Waals surface area contributed by atoms with Crippen LogP contribution < -0.4 is 9.94 Å². The summed E-state index contributed by atoms with van der Waals surface area (Å²) in [5.41, 5.74) is 0.755. The summed E-state index contributed by atoms with van der Waals surface area (Å²) in [5, 5.41) is 5.21. The number of hydrogen-bond donors (Lipinski definition) is 1. The molecule has 30 heavy (non-hydrogen) atoms. The third-order valence-corrected chi connectivity index (χ3v) is 7.18. The SMILES string of the molecule is C=CCn1c(=NC(=O)CCCSc2ccc(F)cc2)sc2cc(S(N)(=O)=O)ccc21. The van der Waals surface area contributed by atoms with Crippen LogP contribution in [0.1, 0.15) is 12.8 Å². The summed E-state index contributed by atoms with van der Waals surface area (Å²) in [6.45, 7) is 4.16. The number of carbonyl (C=O) groups is 1. The lowest BCUT2D eigenvalue weighted by molar-refractivity contribution is -0.118. The molecule has 0 aliphatic rings. The van der Waals surface area contributed by atoms with Crippen LogP contribution in [0.15, 0.2) is 69.9 Å². The minimum atomic E-state index is -3.82. The Kier molecular flexibility index (Phi) is 7.24. The van der Waals surface area contributed by atoms with Gasteiger partial charge < -0.3 is 4.57 Å². The molecule has 0 fully saturated rings. The Bertz CT molecular complexity index is 1250. The first-order chi connectivity index (χ1) is 14.3. The first-order valence-electron chi connectivity index (χ1n) is 9.01. The van der Waals surface area contributed by atoms with Crippen LogP contribution in [0.2, 0.25) is 0 Å². The maximum absolute atomic E-state index is 12.9.